The summed E-state index contributed by atoms with van der Waals surface area (Å²) in [7, 11) is 0. The van der Waals surface area contributed by atoms with Gasteiger partial charge < -0.3 is 0 Å². The molecule has 57 heavy (non-hydrogen) atoms. The lowest BCUT2D eigenvalue weighted by Crippen LogP contribution is -2.14. The van der Waals surface area contributed by atoms with Crippen molar-refractivity contribution >= 4 is 0 Å². The first kappa shape index (κ1) is 34.3. The predicted molar refractivity (Wildman–Crippen MR) is 238 cm³/mol. The number of hydrogen-bond acceptors (Lipinski definition) is 2. The van der Waals surface area contributed by atoms with Crippen LogP contribution in [0.1, 0.15) is 25.0 Å². The van der Waals surface area contributed by atoms with Crippen molar-refractivity contribution in [3.8, 4) is 89.5 Å². The van der Waals surface area contributed by atoms with E-state index in [1.807, 2.05) is 6.07 Å². The Balaban J connectivity index is 1.24. The Labute approximate surface area is 334 Å². The summed E-state index contributed by atoms with van der Waals surface area (Å²) in [6.07, 6.45) is 0. The Kier molecular flexibility index (Phi) is 8.53. The zero-order chi connectivity index (χ0) is 38.3. The number of aromatic nitrogens is 2. The monoisotopic (exact) mass is 728 g/mol. The van der Waals surface area contributed by atoms with Crippen LogP contribution >= 0.6 is 0 Å². The van der Waals surface area contributed by atoms with Gasteiger partial charge in [-0.3, -0.25) is 0 Å². The predicted octanol–water partition coefficient (Wildman–Crippen LogP) is 14.5. The van der Waals surface area contributed by atoms with Crippen LogP contribution in [0, 0.1) is 0 Å². The first-order chi connectivity index (χ1) is 28.0. The van der Waals surface area contributed by atoms with Crippen LogP contribution in [0.5, 0.6) is 0 Å². The molecule has 0 saturated carbocycles. The van der Waals surface area contributed by atoms with Gasteiger partial charge in [-0.25, -0.2) is 9.97 Å². The molecule has 0 aliphatic heterocycles. The van der Waals surface area contributed by atoms with Gasteiger partial charge in [-0.1, -0.05) is 196 Å². The highest BCUT2D eigenvalue weighted by Gasteiger charge is 2.35. The van der Waals surface area contributed by atoms with E-state index in [1.54, 1.807) is 0 Å². The summed E-state index contributed by atoms with van der Waals surface area (Å²) in [6, 6.07) is 73.9. The lowest BCUT2D eigenvalue weighted by molar-refractivity contribution is 0.660. The van der Waals surface area contributed by atoms with Crippen LogP contribution in [0.2, 0.25) is 0 Å². The second-order valence-corrected chi connectivity index (χ2v) is 15.4. The van der Waals surface area contributed by atoms with E-state index in [1.165, 1.54) is 38.9 Å². The van der Waals surface area contributed by atoms with Crippen molar-refractivity contribution in [1.82, 2.24) is 9.97 Å². The Hall–Kier alpha value is -7.16. The first-order valence-electron chi connectivity index (χ1n) is 19.7. The largest absolute Gasteiger partial charge is 0.228 e. The molecule has 9 aromatic rings. The molecule has 1 aliphatic rings. The molecule has 270 valence electrons. The van der Waals surface area contributed by atoms with E-state index in [0.29, 0.717) is 5.82 Å². The van der Waals surface area contributed by atoms with E-state index >= 15 is 0 Å². The summed E-state index contributed by atoms with van der Waals surface area (Å²) in [6.45, 7) is 4.68. The van der Waals surface area contributed by atoms with Gasteiger partial charge in [0.05, 0.1) is 11.4 Å². The molecule has 8 aromatic carbocycles. The van der Waals surface area contributed by atoms with Crippen molar-refractivity contribution in [3.05, 3.63) is 217 Å². The van der Waals surface area contributed by atoms with Gasteiger partial charge in [0.2, 0.25) is 0 Å². The summed E-state index contributed by atoms with van der Waals surface area (Å²) in [5.74, 6) is 0.692. The molecule has 1 aliphatic carbocycles. The lowest BCUT2D eigenvalue weighted by Gasteiger charge is -2.22. The quantitative estimate of drug-likeness (QED) is 0.163. The summed E-state index contributed by atoms with van der Waals surface area (Å²) < 4.78 is 0. The topological polar surface area (TPSA) is 25.8 Å². The minimum Gasteiger partial charge on any atom is -0.228 e. The maximum absolute atomic E-state index is 5.42. The highest BCUT2D eigenvalue weighted by Crippen LogP contribution is 2.51. The molecule has 0 bridgehead atoms. The first-order valence-corrected chi connectivity index (χ1v) is 19.7. The van der Waals surface area contributed by atoms with Crippen LogP contribution in [-0.4, -0.2) is 9.97 Å². The molecule has 1 aromatic heterocycles. The van der Waals surface area contributed by atoms with E-state index in [4.69, 9.17) is 9.97 Å². The van der Waals surface area contributed by atoms with Gasteiger partial charge >= 0.3 is 0 Å². The zero-order valence-electron chi connectivity index (χ0n) is 32.0. The summed E-state index contributed by atoms with van der Waals surface area (Å²) in [5.41, 5.74) is 19.3. The van der Waals surface area contributed by atoms with Crippen LogP contribution in [0.15, 0.2) is 206 Å². The minimum atomic E-state index is -0.0751. The average Bonchev–Trinajstić information content (AvgIpc) is 3.52. The van der Waals surface area contributed by atoms with Gasteiger partial charge in [0.1, 0.15) is 0 Å². The second kappa shape index (κ2) is 14.2. The molecule has 0 saturated heterocycles. The van der Waals surface area contributed by atoms with Crippen molar-refractivity contribution in [2.24, 2.45) is 0 Å². The van der Waals surface area contributed by atoms with Gasteiger partial charge in [-0.15, -0.1) is 0 Å². The molecule has 0 fully saturated rings. The van der Waals surface area contributed by atoms with E-state index in [2.05, 4.69) is 214 Å². The summed E-state index contributed by atoms with van der Waals surface area (Å²) in [5, 5.41) is 0. The minimum absolute atomic E-state index is 0.0751. The number of hydrogen-bond donors (Lipinski definition) is 0. The van der Waals surface area contributed by atoms with Gasteiger partial charge in [-0.05, 0) is 91.0 Å². The van der Waals surface area contributed by atoms with Crippen LogP contribution < -0.4 is 0 Å². The van der Waals surface area contributed by atoms with Gasteiger partial charge in [0, 0.05) is 22.1 Å². The third kappa shape index (κ3) is 6.26. The standard InChI is InChI=1S/C55H40N2/c1-55(2)49-26-16-15-25-45(49)47-33-43(31-32-50(47)55)46-34-44(38-19-9-4-10-20-38)35-48(53(46)41-21-11-5-12-22-41)52-36-51(56-54(57-52)42-23-13-6-14-24-42)40-29-27-39(28-30-40)37-17-7-3-8-18-37/h3-36H,1-2H3. The normalized spacial score (nSPS) is 12.5. The molecular formula is C55H40N2. The van der Waals surface area contributed by atoms with E-state index in [9.17, 15) is 0 Å². The Morgan fingerprint density at radius 2 is 0.754 bits per heavy atom. The van der Waals surface area contributed by atoms with Crippen molar-refractivity contribution in [1.29, 1.82) is 0 Å². The molecule has 0 radical (unpaired) electrons. The third-order valence-corrected chi connectivity index (χ3v) is 11.5. The highest BCUT2D eigenvalue weighted by atomic mass is 14.9. The maximum Gasteiger partial charge on any atom is 0.160 e. The van der Waals surface area contributed by atoms with Gasteiger partial charge in [0.15, 0.2) is 5.82 Å². The van der Waals surface area contributed by atoms with Crippen molar-refractivity contribution in [2.45, 2.75) is 19.3 Å². The fraction of sp³-hybridized carbons (Fsp3) is 0.0545. The van der Waals surface area contributed by atoms with E-state index < -0.39 is 0 Å². The molecular weight excluding hydrogens is 689 g/mol. The van der Waals surface area contributed by atoms with Crippen LogP contribution in [0.25, 0.3) is 89.5 Å². The SMILES string of the molecule is CC1(C)c2ccccc2-c2cc(-c3cc(-c4ccccc4)cc(-c4cc(-c5ccc(-c6ccccc6)cc5)nc(-c5ccccc5)n4)c3-c3ccccc3)ccc21. The van der Waals surface area contributed by atoms with Gasteiger partial charge in [0.25, 0.3) is 0 Å². The Bertz CT molecular complexity index is 2880. The summed E-state index contributed by atoms with van der Waals surface area (Å²) >= 11 is 0. The molecule has 10 rings (SSSR count). The Morgan fingerprint density at radius 3 is 1.42 bits per heavy atom. The number of fused-ring (bicyclic) bond motifs is 3. The number of nitrogens with zero attached hydrogens (tertiary/aromatic N) is 2. The average molecular weight is 729 g/mol. The van der Waals surface area contributed by atoms with Crippen molar-refractivity contribution in [2.75, 3.05) is 0 Å². The van der Waals surface area contributed by atoms with E-state index in [-0.39, 0.29) is 5.41 Å². The zero-order valence-corrected chi connectivity index (χ0v) is 32.0. The highest BCUT2D eigenvalue weighted by molar-refractivity contribution is 5.99. The summed E-state index contributed by atoms with van der Waals surface area (Å²) in [4.78, 5) is 10.6. The fourth-order valence-electron chi connectivity index (χ4n) is 8.59. The van der Waals surface area contributed by atoms with Crippen LogP contribution in [0.3, 0.4) is 0 Å². The molecule has 2 nitrogen and oxygen atoms in total. The van der Waals surface area contributed by atoms with Gasteiger partial charge in [-0.2, -0.15) is 0 Å². The second-order valence-electron chi connectivity index (χ2n) is 15.4. The Morgan fingerprint density at radius 1 is 0.298 bits per heavy atom. The molecule has 1 heterocycles. The molecule has 0 spiro atoms. The van der Waals surface area contributed by atoms with Crippen molar-refractivity contribution in [3.63, 3.8) is 0 Å². The molecule has 0 amide bonds. The fourth-order valence-corrected chi connectivity index (χ4v) is 8.59. The molecule has 2 heteroatoms. The molecule has 0 atom stereocenters. The molecule has 0 unspecified atom stereocenters. The third-order valence-electron chi connectivity index (χ3n) is 11.5. The van der Waals surface area contributed by atoms with Crippen LogP contribution in [-0.2, 0) is 5.41 Å². The maximum atomic E-state index is 5.42. The number of benzene rings is 8. The smallest absolute Gasteiger partial charge is 0.160 e. The van der Waals surface area contributed by atoms with Crippen molar-refractivity contribution < 1.29 is 0 Å². The number of rotatable bonds is 7. The molecule has 0 N–H and O–H groups in total. The lowest BCUT2D eigenvalue weighted by atomic mass is 9.81. The van der Waals surface area contributed by atoms with Crippen LogP contribution in [0.4, 0.5) is 0 Å². The van der Waals surface area contributed by atoms with E-state index in [0.717, 1.165) is 55.9 Å².